The molecule has 0 aromatic heterocycles. The van der Waals surface area contributed by atoms with E-state index in [0.717, 1.165) is 31.4 Å². The van der Waals surface area contributed by atoms with Crippen molar-refractivity contribution in [2.24, 2.45) is 22.2 Å². The van der Waals surface area contributed by atoms with E-state index in [2.05, 4.69) is 87.5 Å². The predicted octanol–water partition coefficient (Wildman–Crippen LogP) is 8.11. The lowest BCUT2D eigenvalue weighted by Crippen LogP contribution is -2.74. The largest absolute Gasteiger partial charge is 0.491 e. The number of likely N-dealkylation sites (tertiary alicyclic amines) is 1. The Kier molecular flexibility index (Phi) is 21.0. The van der Waals surface area contributed by atoms with Gasteiger partial charge in [-0.1, -0.05) is 98.2 Å². The molecule has 0 spiro atoms. The molecule has 400 valence electrons. The maximum Gasteiger partial charge on any atom is 0.251 e. The highest BCUT2D eigenvalue weighted by Gasteiger charge is 2.64. The van der Waals surface area contributed by atoms with Crippen LogP contribution in [0, 0.1) is 33.5 Å². The number of halogens is 1. The third-order valence-electron chi connectivity index (χ3n) is 14.7. The van der Waals surface area contributed by atoms with E-state index >= 15 is 0 Å². The summed E-state index contributed by atoms with van der Waals surface area (Å²) in [5.74, 6) is 1.05. The summed E-state index contributed by atoms with van der Waals surface area (Å²) in [7, 11) is 0. The zero-order chi connectivity index (χ0) is 52.8. The van der Waals surface area contributed by atoms with Crippen molar-refractivity contribution in [3.8, 4) is 17.6 Å². The number of ether oxygens (including phenoxy) is 7. The Labute approximate surface area is 438 Å². The van der Waals surface area contributed by atoms with Crippen molar-refractivity contribution in [2.45, 2.75) is 124 Å². The van der Waals surface area contributed by atoms with Crippen LogP contribution in [0.2, 0.25) is 5.02 Å². The SMILES string of the molecule is CC[C@@H](C)C(=O)N[C@H](CN1CCC[C@H]1C(=O)N[C@H]1c2ccccc2C[C@H]1OCCOCCOCCOCCOCCOc1ccc(C(=O)NC2C(C)(C)C(Oc3ccc(C#N)c(Cl)c3)C2(C)C)cc1)C(C)(C)C. The van der Waals surface area contributed by atoms with Gasteiger partial charge in [0, 0.05) is 53.4 Å². The Hall–Kier alpha value is -4.79. The molecular weight excluding hydrogens is 950 g/mol. The Balaban J connectivity index is 0.789. The lowest BCUT2D eigenvalue weighted by Gasteiger charge is -2.63. The Bertz CT molecular complexity index is 2300. The summed E-state index contributed by atoms with van der Waals surface area (Å²) in [5.41, 5.74) is 2.28. The van der Waals surface area contributed by atoms with Crippen LogP contribution in [0.25, 0.3) is 0 Å². The molecule has 3 aliphatic rings. The van der Waals surface area contributed by atoms with E-state index in [1.807, 2.05) is 26.0 Å². The molecule has 6 rings (SSSR count). The Morgan fingerprint density at radius 2 is 1.42 bits per heavy atom. The lowest BCUT2D eigenvalue weighted by molar-refractivity contribution is -0.164. The average molecular weight is 1030 g/mol. The molecule has 5 atom stereocenters. The molecule has 3 aromatic rings. The first-order valence-corrected chi connectivity index (χ1v) is 26.5. The van der Waals surface area contributed by atoms with E-state index in [4.69, 9.17) is 44.8 Å². The zero-order valence-corrected chi connectivity index (χ0v) is 45.3. The summed E-state index contributed by atoms with van der Waals surface area (Å²) in [6.45, 7) is 24.2. The minimum atomic E-state index is -0.371. The van der Waals surface area contributed by atoms with E-state index < -0.39 is 0 Å². The molecule has 0 radical (unpaired) electrons. The molecule has 2 fully saturated rings. The number of carbonyl (C=O) groups excluding carboxylic acids is 3. The topological polar surface area (TPSA) is 179 Å². The van der Waals surface area contributed by atoms with E-state index in [0.29, 0.717) is 107 Å². The van der Waals surface area contributed by atoms with Gasteiger partial charge < -0.3 is 49.1 Å². The summed E-state index contributed by atoms with van der Waals surface area (Å²) in [6.07, 6.45) is 2.80. The second kappa shape index (κ2) is 26.6. The van der Waals surface area contributed by atoms with Gasteiger partial charge in [0.15, 0.2) is 0 Å². The van der Waals surface area contributed by atoms with Crippen molar-refractivity contribution in [3.05, 3.63) is 94.0 Å². The van der Waals surface area contributed by atoms with Gasteiger partial charge in [0.1, 0.15) is 30.3 Å². The quantitative estimate of drug-likeness (QED) is 0.0596. The lowest BCUT2D eigenvalue weighted by atomic mass is 9.49. The van der Waals surface area contributed by atoms with Crippen LogP contribution in [0.15, 0.2) is 66.7 Å². The predicted molar refractivity (Wildman–Crippen MR) is 281 cm³/mol. The van der Waals surface area contributed by atoms with Crippen molar-refractivity contribution in [3.63, 3.8) is 0 Å². The van der Waals surface area contributed by atoms with Gasteiger partial charge in [-0.3, -0.25) is 19.3 Å². The zero-order valence-electron chi connectivity index (χ0n) is 44.6. The smallest absolute Gasteiger partial charge is 0.251 e. The molecule has 2 aliphatic carbocycles. The third-order valence-corrected chi connectivity index (χ3v) is 15.0. The minimum Gasteiger partial charge on any atom is -0.491 e. The molecule has 73 heavy (non-hydrogen) atoms. The summed E-state index contributed by atoms with van der Waals surface area (Å²) < 4.78 is 41.3. The molecule has 1 saturated carbocycles. The normalized spacial score (nSPS) is 21.8. The average Bonchev–Trinajstić information content (AvgIpc) is 3.98. The Morgan fingerprint density at radius 3 is 2.03 bits per heavy atom. The maximum atomic E-state index is 14.0. The fraction of sp³-hybridized carbons (Fsp3) is 0.614. The molecule has 3 aromatic carbocycles. The molecule has 1 saturated heterocycles. The van der Waals surface area contributed by atoms with Crippen molar-refractivity contribution >= 4 is 29.3 Å². The van der Waals surface area contributed by atoms with Crippen LogP contribution in [0.4, 0.5) is 0 Å². The van der Waals surface area contributed by atoms with Gasteiger partial charge in [-0.05, 0) is 78.7 Å². The minimum absolute atomic E-state index is 0.00308. The molecule has 3 amide bonds. The van der Waals surface area contributed by atoms with Gasteiger partial charge in [0.2, 0.25) is 11.8 Å². The number of nitrogens with zero attached hydrogens (tertiary/aromatic N) is 2. The van der Waals surface area contributed by atoms with Crippen molar-refractivity contribution < 1.29 is 47.5 Å². The van der Waals surface area contributed by atoms with Crippen molar-refractivity contribution in [2.75, 3.05) is 79.2 Å². The summed E-state index contributed by atoms with van der Waals surface area (Å²) >= 11 is 6.24. The summed E-state index contributed by atoms with van der Waals surface area (Å²) in [6, 6.07) is 21.6. The number of hydrogen-bond acceptors (Lipinski definition) is 12. The highest BCUT2D eigenvalue weighted by atomic mass is 35.5. The summed E-state index contributed by atoms with van der Waals surface area (Å²) in [5, 5.41) is 19.4. The van der Waals surface area contributed by atoms with E-state index in [1.165, 1.54) is 5.56 Å². The number of nitriles is 1. The standard InChI is InChI=1S/C57H80ClN5O10/c1-10-38(2)50(64)60-48(55(3,4)5)37-63-23-13-16-46(63)52(66)61-49-44-15-12-11-14-40(44)34-47(49)72-33-31-70-29-27-68-25-24-67-26-28-69-30-32-71-42-20-17-39(18-21-42)51(65)62-53-56(6,7)54(57(53,8)9)73-43-22-19-41(36-59)45(58)35-43/h11-12,14-15,17-22,35,38,46-49,53-54H,10,13,16,23-34,37H2,1-9H3,(H,60,64)(H,61,66)(H,62,65)/t38-,46+,47-,48-,49+,53?,54?/m1/s1. The first-order valence-electron chi connectivity index (χ1n) is 26.1. The molecule has 1 heterocycles. The number of amides is 3. The number of fused-ring (bicyclic) bond motifs is 1. The van der Waals surface area contributed by atoms with E-state index in [9.17, 15) is 19.6 Å². The van der Waals surface area contributed by atoms with Crippen LogP contribution in [0.3, 0.4) is 0 Å². The van der Waals surface area contributed by atoms with Crippen LogP contribution in [-0.4, -0.2) is 132 Å². The monoisotopic (exact) mass is 1030 g/mol. The molecule has 0 unspecified atom stereocenters. The van der Waals surface area contributed by atoms with E-state index in [1.54, 1.807) is 42.5 Å². The number of nitrogens with one attached hydrogen (secondary N) is 3. The molecular formula is C57H80ClN5O10. The maximum absolute atomic E-state index is 14.0. The third kappa shape index (κ3) is 15.4. The van der Waals surface area contributed by atoms with Crippen LogP contribution in [0.1, 0.15) is 115 Å². The van der Waals surface area contributed by atoms with Crippen LogP contribution < -0.4 is 25.4 Å². The second-order valence-electron chi connectivity index (χ2n) is 21.8. The van der Waals surface area contributed by atoms with Gasteiger partial charge in [-0.25, -0.2) is 0 Å². The van der Waals surface area contributed by atoms with Crippen molar-refractivity contribution in [1.29, 1.82) is 5.26 Å². The van der Waals surface area contributed by atoms with Gasteiger partial charge >= 0.3 is 0 Å². The van der Waals surface area contributed by atoms with Gasteiger partial charge in [-0.15, -0.1) is 0 Å². The number of benzene rings is 3. The Morgan fingerprint density at radius 1 is 0.822 bits per heavy atom. The molecule has 16 heteroatoms. The number of hydrogen-bond donors (Lipinski definition) is 3. The van der Waals surface area contributed by atoms with E-state index in [-0.39, 0.29) is 76.3 Å². The molecule has 1 aliphatic heterocycles. The van der Waals surface area contributed by atoms with Crippen LogP contribution in [-0.2, 0) is 39.7 Å². The molecule has 0 bridgehead atoms. The van der Waals surface area contributed by atoms with Gasteiger partial charge in [-0.2, -0.15) is 5.26 Å². The van der Waals surface area contributed by atoms with Gasteiger partial charge in [0.25, 0.3) is 5.91 Å². The summed E-state index contributed by atoms with van der Waals surface area (Å²) in [4.78, 5) is 42.4. The highest BCUT2D eigenvalue weighted by molar-refractivity contribution is 6.31. The first kappa shape index (κ1) is 57.5. The van der Waals surface area contributed by atoms with Crippen LogP contribution in [0.5, 0.6) is 11.5 Å². The molecule has 15 nitrogen and oxygen atoms in total. The first-order chi connectivity index (χ1) is 34.8. The fourth-order valence-electron chi connectivity index (χ4n) is 10.5. The molecule has 3 N–H and O–H groups in total. The second-order valence-corrected chi connectivity index (χ2v) is 22.2. The van der Waals surface area contributed by atoms with Gasteiger partial charge in [0.05, 0.1) is 88.2 Å². The number of carbonyl (C=O) groups is 3. The fourth-order valence-corrected chi connectivity index (χ4v) is 10.7. The van der Waals surface area contributed by atoms with Crippen LogP contribution >= 0.6 is 11.6 Å². The number of rotatable bonds is 28. The highest BCUT2D eigenvalue weighted by Crippen LogP contribution is 2.55. The van der Waals surface area contributed by atoms with Crippen molar-refractivity contribution in [1.82, 2.24) is 20.9 Å².